The Bertz CT molecular complexity index is 702. The molecule has 1 aromatic carbocycles. The number of nitrogens with zero attached hydrogens (tertiary/aromatic N) is 1. The van der Waals surface area contributed by atoms with Crippen molar-refractivity contribution in [1.82, 2.24) is 4.98 Å². The van der Waals surface area contributed by atoms with E-state index >= 15 is 0 Å². The van der Waals surface area contributed by atoms with Crippen LogP contribution in [0, 0.1) is 5.82 Å². The van der Waals surface area contributed by atoms with Gasteiger partial charge in [-0.1, -0.05) is 0 Å². The van der Waals surface area contributed by atoms with E-state index in [0.29, 0.717) is 49.8 Å². The van der Waals surface area contributed by atoms with Crippen LogP contribution >= 0.6 is 0 Å². The molecule has 4 rings (SSSR count). The zero-order valence-electron chi connectivity index (χ0n) is 12.2. The van der Waals surface area contributed by atoms with Crippen LogP contribution in [0.5, 0.6) is 0 Å². The molecule has 0 bridgehead atoms. The zero-order chi connectivity index (χ0) is 15.2. The summed E-state index contributed by atoms with van der Waals surface area (Å²) in [4.78, 5) is 4.25. The van der Waals surface area contributed by atoms with Gasteiger partial charge in [0.25, 0.3) is 0 Å². The predicted molar refractivity (Wildman–Crippen MR) is 78.7 cm³/mol. The van der Waals surface area contributed by atoms with E-state index in [9.17, 15) is 9.50 Å². The third kappa shape index (κ3) is 2.20. The summed E-state index contributed by atoms with van der Waals surface area (Å²) in [5.41, 5.74) is 0.445. The molecule has 116 valence electrons. The normalized spacial score (nSPS) is 23.2. The molecule has 5 heteroatoms. The molecule has 1 saturated heterocycles. The van der Waals surface area contributed by atoms with Gasteiger partial charge < -0.3 is 14.6 Å². The summed E-state index contributed by atoms with van der Waals surface area (Å²) < 4.78 is 25.0. The van der Waals surface area contributed by atoms with Crippen molar-refractivity contribution in [1.29, 1.82) is 0 Å². The molecule has 0 unspecified atom stereocenters. The van der Waals surface area contributed by atoms with Gasteiger partial charge in [-0.05, 0) is 42.7 Å². The van der Waals surface area contributed by atoms with E-state index in [0.717, 1.165) is 5.56 Å². The van der Waals surface area contributed by atoms with Crippen molar-refractivity contribution in [3.63, 3.8) is 0 Å². The molecule has 1 spiro atoms. The maximum atomic E-state index is 13.6. The van der Waals surface area contributed by atoms with Gasteiger partial charge in [-0.25, -0.2) is 4.39 Å². The van der Waals surface area contributed by atoms with Gasteiger partial charge in [0.1, 0.15) is 5.82 Å². The lowest BCUT2D eigenvalue weighted by atomic mass is 9.76. The van der Waals surface area contributed by atoms with E-state index in [2.05, 4.69) is 4.98 Å². The lowest BCUT2D eigenvalue weighted by Crippen LogP contribution is -2.42. The van der Waals surface area contributed by atoms with Crippen molar-refractivity contribution in [3.8, 4) is 0 Å². The molecule has 1 N–H and O–H groups in total. The molecular formula is C17H18FNO3. The SMILES string of the molecule is OC1(c2ccnc3ccc(F)cc23)CCC2(CC1)OCCO2. The molecule has 2 aromatic rings. The Balaban J connectivity index is 1.71. The third-order valence-electron chi connectivity index (χ3n) is 4.86. The molecule has 1 aliphatic heterocycles. The second kappa shape index (κ2) is 4.98. The van der Waals surface area contributed by atoms with Gasteiger partial charge >= 0.3 is 0 Å². The highest BCUT2D eigenvalue weighted by Gasteiger charge is 2.46. The summed E-state index contributed by atoms with van der Waals surface area (Å²) in [7, 11) is 0. The van der Waals surface area contributed by atoms with Crippen molar-refractivity contribution >= 4 is 10.9 Å². The van der Waals surface area contributed by atoms with Crippen molar-refractivity contribution in [3.05, 3.63) is 41.8 Å². The van der Waals surface area contributed by atoms with Crippen molar-refractivity contribution < 1.29 is 19.0 Å². The van der Waals surface area contributed by atoms with Crippen LogP contribution in [0.25, 0.3) is 10.9 Å². The molecule has 4 nitrogen and oxygen atoms in total. The van der Waals surface area contributed by atoms with Crippen LogP contribution < -0.4 is 0 Å². The molecule has 0 radical (unpaired) electrons. The highest BCUT2D eigenvalue weighted by molar-refractivity contribution is 5.82. The fourth-order valence-corrected chi connectivity index (χ4v) is 3.62. The molecule has 2 aliphatic rings. The summed E-state index contributed by atoms with van der Waals surface area (Å²) >= 11 is 0. The Morgan fingerprint density at radius 3 is 2.50 bits per heavy atom. The Morgan fingerprint density at radius 2 is 1.77 bits per heavy atom. The van der Waals surface area contributed by atoms with Crippen LogP contribution in [0.3, 0.4) is 0 Å². The largest absolute Gasteiger partial charge is 0.385 e. The second-order valence-electron chi connectivity index (χ2n) is 6.16. The average Bonchev–Trinajstić information content (AvgIpc) is 2.99. The van der Waals surface area contributed by atoms with Crippen LogP contribution in [0.1, 0.15) is 31.2 Å². The molecule has 1 aromatic heterocycles. The molecule has 2 heterocycles. The van der Waals surface area contributed by atoms with Crippen LogP contribution in [0.4, 0.5) is 4.39 Å². The van der Waals surface area contributed by atoms with E-state index in [1.165, 1.54) is 12.1 Å². The Morgan fingerprint density at radius 1 is 1.05 bits per heavy atom. The van der Waals surface area contributed by atoms with Crippen LogP contribution in [-0.2, 0) is 15.1 Å². The molecule has 2 fully saturated rings. The first-order valence-electron chi connectivity index (χ1n) is 7.65. The predicted octanol–water partition coefficient (Wildman–Crippen LogP) is 2.88. The number of aliphatic hydroxyl groups is 1. The number of halogens is 1. The molecule has 0 atom stereocenters. The standard InChI is InChI=1S/C17H18FNO3/c18-12-1-2-15-13(11-12)14(3-8-19-15)16(20)4-6-17(7-5-16)21-9-10-22-17/h1-3,8,11,20H,4-7,9-10H2. The van der Waals surface area contributed by atoms with Crippen molar-refractivity contribution in [2.24, 2.45) is 0 Å². The highest BCUT2D eigenvalue weighted by atomic mass is 19.1. The summed E-state index contributed by atoms with van der Waals surface area (Å²) in [6.07, 6.45) is 4.01. The summed E-state index contributed by atoms with van der Waals surface area (Å²) in [5.74, 6) is -0.847. The third-order valence-corrected chi connectivity index (χ3v) is 4.86. The van der Waals surface area contributed by atoms with Gasteiger partial charge in [-0.2, -0.15) is 0 Å². The first-order valence-corrected chi connectivity index (χ1v) is 7.65. The molecule has 1 aliphatic carbocycles. The molecule has 22 heavy (non-hydrogen) atoms. The average molecular weight is 303 g/mol. The summed E-state index contributed by atoms with van der Waals surface area (Å²) in [5, 5.41) is 11.8. The number of aromatic nitrogens is 1. The minimum absolute atomic E-state index is 0.319. The number of rotatable bonds is 1. The fraction of sp³-hybridized carbons (Fsp3) is 0.471. The van der Waals surface area contributed by atoms with Crippen LogP contribution in [0.2, 0.25) is 0 Å². The van der Waals surface area contributed by atoms with Crippen LogP contribution in [0.15, 0.2) is 30.5 Å². The van der Waals surface area contributed by atoms with Gasteiger partial charge in [0.15, 0.2) is 5.79 Å². The highest BCUT2D eigenvalue weighted by Crippen LogP contribution is 2.46. The second-order valence-corrected chi connectivity index (χ2v) is 6.16. The van der Waals surface area contributed by atoms with E-state index in [-0.39, 0.29) is 5.82 Å². The van der Waals surface area contributed by atoms with Gasteiger partial charge in [-0.15, -0.1) is 0 Å². The van der Waals surface area contributed by atoms with Gasteiger partial charge in [-0.3, -0.25) is 4.98 Å². The Kier molecular flexibility index (Phi) is 3.18. The topological polar surface area (TPSA) is 51.6 Å². The fourth-order valence-electron chi connectivity index (χ4n) is 3.62. The number of hydrogen-bond donors (Lipinski definition) is 1. The summed E-state index contributed by atoms with van der Waals surface area (Å²) in [6.45, 7) is 1.23. The van der Waals surface area contributed by atoms with Crippen LogP contribution in [-0.4, -0.2) is 29.1 Å². The monoisotopic (exact) mass is 303 g/mol. The Hall–Kier alpha value is -1.56. The van der Waals surface area contributed by atoms with Gasteiger partial charge in [0, 0.05) is 24.4 Å². The summed E-state index contributed by atoms with van der Waals surface area (Å²) in [6, 6.07) is 6.27. The Labute approximate surface area is 127 Å². The number of ether oxygens (including phenoxy) is 2. The van der Waals surface area contributed by atoms with E-state index in [4.69, 9.17) is 9.47 Å². The first-order chi connectivity index (χ1) is 10.6. The van der Waals surface area contributed by atoms with E-state index < -0.39 is 11.4 Å². The maximum Gasteiger partial charge on any atom is 0.168 e. The molecule has 0 amide bonds. The van der Waals surface area contributed by atoms with Gasteiger partial charge in [0.05, 0.1) is 24.3 Å². The quantitative estimate of drug-likeness (QED) is 0.880. The van der Waals surface area contributed by atoms with Crippen molar-refractivity contribution in [2.45, 2.75) is 37.1 Å². The smallest absolute Gasteiger partial charge is 0.168 e. The van der Waals surface area contributed by atoms with Gasteiger partial charge in [0.2, 0.25) is 0 Å². The number of pyridine rings is 1. The van der Waals surface area contributed by atoms with E-state index in [1.54, 1.807) is 18.3 Å². The van der Waals surface area contributed by atoms with Crippen molar-refractivity contribution in [2.75, 3.05) is 13.2 Å². The zero-order valence-corrected chi connectivity index (χ0v) is 12.2. The first kappa shape index (κ1) is 14.1. The molecule has 1 saturated carbocycles. The number of fused-ring (bicyclic) bond motifs is 1. The maximum absolute atomic E-state index is 13.6. The number of hydrogen-bond acceptors (Lipinski definition) is 4. The minimum atomic E-state index is -0.991. The van der Waals surface area contributed by atoms with E-state index in [1.807, 2.05) is 0 Å². The minimum Gasteiger partial charge on any atom is -0.385 e. The molecular weight excluding hydrogens is 285 g/mol. The lowest BCUT2D eigenvalue weighted by molar-refractivity contribution is -0.204. The lowest BCUT2D eigenvalue weighted by Gasteiger charge is -2.41. The number of benzene rings is 1.